The summed E-state index contributed by atoms with van der Waals surface area (Å²) in [4.78, 5) is 10.8. The van der Waals surface area contributed by atoms with E-state index in [0.29, 0.717) is 43.4 Å². The number of aryl methyl sites for hydroxylation is 1. The molecule has 1 unspecified atom stereocenters. The monoisotopic (exact) mass is 415 g/mol. The van der Waals surface area contributed by atoms with E-state index in [2.05, 4.69) is 20.9 Å². The van der Waals surface area contributed by atoms with E-state index in [9.17, 15) is 5.26 Å². The summed E-state index contributed by atoms with van der Waals surface area (Å²) < 4.78 is 11.3. The predicted octanol–water partition coefficient (Wildman–Crippen LogP) is 3.44. The molecule has 0 radical (unpaired) electrons. The molecule has 7 nitrogen and oxygen atoms in total. The number of nitrogens with zero attached hydrogens (tertiary/aromatic N) is 4. The van der Waals surface area contributed by atoms with Gasteiger partial charge in [0.1, 0.15) is 5.82 Å². The highest BCUT2D eigenvalue weighted by atomic mass is 35.5. The van der Waals surface area contributed by atoms with Gasteiger partial charge in [-0.05, 0) is 43.9 Å². The smallest absolute Gasteiger partial charge is 0.222 e. The molecule has 1 aliphatic rings. The lowest BCUT2D eigenvalue weighted by Crippen LogP contribution is -2.32. The summed E-state index contributed by atoms with van der Waals surface area (Å²) in [5.74, 6) is 0.994. The number of aromatic nitrogens is 2. The van der Waals surface area contributed by atoms with Crippen LogP contribution < -0.4 is 10.6 Å². The third-order valence-corrected chi connectivity index (χ3v) is 5.24. The predicted molar refractivity (Wildman–Crippen MR) is 113 cm³/mol. The van der Waals surface area contributed by atoms with Crippen LogP contribution in [-0.4, -0.2) is 42.9 Å². The molecule has 0 saturated carbocycles. The van der Waals surface area contributed by atoms with Gasteiger partial charge in [0.25, 0.3) is 0 Å². The van der Waals surface area contributed by atoms with Crippen molar-refractivity contribution in [2.75, 3.05) is 43.6 Å². The molecule has 0 spiro atoms. The summed E-state index contributed by atoms with van der Waals surface area (Å²) in [6.45, 7) is 6.93. The Labute approximate surface area is 176 Å². The molecule has 29 heavy (non-hydrogen) atoms. The van der Waals surface area contributed by atoms with Gasteiger partial charge in [-0.1, -0.05) is 17.7 Å². The second kappa shape index (κ2) is 9.88. The number of nitriles is 1. The lowest BCUT2D eigenvalue weighted by Gasteiger charge is -2.32. The molecule has 2 N–H and O–H groups in total. The Morgan fingerprint density at radius 3 is 2.93 bits per heavy atom. The van der Waals surface area contributed by atoms with Crippen LogP contribution in [0.25, 0.3) is 0 Å². The fraction of sp³-hybridized carbons (Fsp3) is 0.476. The molecule has 2 heterocycles. The molecule has 0 amide bonds. The number of rotatable bonds is 6. The molecule has 1 fully saturated rings. The largest absolute Gasteiger partial charge is 0.381 e. The van der Waals surface area contributed by atoms with Gasteiger partial charge in [0.2, 0.25) is 5.95 Å². The normalized spacial score (nSPS) is 17.0. The number of hydrogen-bond donors (Lipinski definition) is 1. The SMILES string of the molecule is CCOCCc1cc(C2COCCCN2c2cc(C)nc(N)n2)c(Cl)cc1C#N. The number of nitrogens with two attached hydrogens (primary N) is 1. The van der Waals surface area contributed by atoms with E-state index in [0.717, 1.165) is 35.6 Å². The average molecular weight is 416 g/mol. The van der Waals surface area contributed by atoms with Crippen molar-refractivity contribution in [3.8, 4) is 6.07 Å². The second-order valence-electron chi connectivity index (χ2n) is 6.95. The third kappa shape index (κ3) is 5.15. The van der Waals surface area contributed by atoms with Gasteiger partial charge in [-0.2, -0.15) is 10.2 Å². The fourth-order valence-corrected chi connectivity index (χ4v) is 3.85. The van der Waals surface area contributed by atoms with E-state index in [-0.39, 0.29) is 12.0 Å². The molecule has 1 saturated heterocycles. The molecule has 1 aromatic carbocycles. The minimum atomic E-state index is -0.141. The lowest BCUT2D eigenvalue weighted by molar-refractivity contribution is 0.134. The van der Waals surface area contributed by atoms with Crippen LogP contribution in [0.1, 0.15) is 41.8 Å². The summed E-state index contributed by atoms with van der Waals surface area (Å²) >= 11 is 6.62. The first-order valence-corrected chi connectivity index (χ1v) is 10.2. The Morgan fingerprint density at radius 1 is 1.38 bits per heavy atom. The van der Waals surface area contributed by atoms with Gasteiger partial charge < -0.3 is 20.1 Å². The number of nitrogen functional groups attached to an aromatic ring is 1. The number of anilines is 2. The van der Waals surface area contributed by atoms with Crippen LogP contribution in [-0.2, 0) is 15.9 Å². The lowest BCUT2D eigenvalue weighted by atomic mass is 9.97. The van der Waals surface area contributed by atoms with Crippen LogP contribution in [0.2, 0.25) is 5.02 Å². The molecule has 0 bridgehead atoms. The number of benzene rings is 1. The first kappa shape index (κ1) is 21.3. The molecule has 1 aliphatic heterocycles. The highest BCUT2D eigenvalue weighted by Crippen LogP contribution is 2.35. The van der Waals surface area contributed by atoms with Crippen LogP contribution in [0.4, 0.5) is 11.8 Å². The molecule has 1 atom stereocenters. The first-order chi connectivity index (χ1) is 14.0. The van der Waals surface area contributed by atoms with Crippen LogP contribution in [0.3, 0.4) is 0 Å². The van der Waals surface area contributed by atoms with Crippen molar-refractivity contribution in [3.05, 3.63) is 45.6 Å². The van der Waals surface area contributed by atoms with Gasteiger partial charge in [0.15, 0.2) is 0 Å². The molecule has 3 rings (SSSR count). The Bertz CT molecular complexity index is 879. The van der Waals surface area contributed by atoms with Gasteiger partial charge in [-0.15, -0.1) is 0 Å². The summed E-state index contributed by atoms with van der Waals surface area (Å²) in [5.41, 5.74) is 9.10. The summed E-state index contributed by atoms with van der Waals surface area (Å²) in [6, 6.07) is 7.76. The zero-order valence-electron chi connectivity index (χ0n) is 16.8. The highest BCUT2D eigenvalue weighted by Gasteiger charge is 2.28. The van der Waals surface area contributed by atoms with E-state index >= 15 is 0 Å². The first-order valence-electron chi connectivity index (χ1n) is 9.79. The molecule has 1 aromatic heterocycles. The van der Waals surface area contributed by atoms with Gasteiger partial charge in [0.05, 0.1) is 30.9 Å². The van der Waals surface area contributed by atoms with Crippen molar-refractivity contribution in [1.82, 2.24) is 9.97 Å². The maximum Gasteiger partial charge on any atom is 0.222 e. The Morgan fingerprint density at radius 2 is 2.21 bits per heavy atom. The third-order valence-electron chi connectivity index (χ3n) is 4.91. The summed E-state index contributed by atoms with van der Waals surface area (Å²) in [7, 11) is 0. The van der Waals surface area contributed by atoms with E-state index < -0.39 is 0 Å². The minimum absolute atomic E-state index is 0.141. The average Bonchev–Trinajstić information content (AvgIpc) is 2.94. The van der Waals surface area contributed by atoms with Gasteiger partial charge >= 0.3 is 0 Å². The molecular formula is C21H26ClN5O2. The molecule has 154 valence electrons. The highest BCUT2D eigenvalue weighted by molar-refractivity contribution is 6.31. The van der Waals surface area contributed by atoms with Crippen LogP contribution in [0, 0.1) is 18.3 Å². The molecule has 0 aliphatic carbocycles. The Hall–Kier alpha value is -2.40. The van der Waals surface area contributed by atoms with Crippen molar-refractivity contribution in [2.45, 2.75) is 32.7 Å². The summed E-state index contributed by atoms with van der Waals surface area (Å²) in [6.07, 6.45) is 1.51. The molecule has 2 aromatic rings. The van der Waals surface area contributed by atoms with E-state index in [1.807, 2.05) is 26.0 Å². The van der Waals surface area contributed by atoms with Crippen molar-refractivity contribution in [2.24, 2.45) is 0 Å². The van der Waals surface area contributed by atoms with Crippen molar-refractivity contribution < 1.29 is 9.47 Å². The second-order valence-corrected chi connectivity index (χ2v) is 7.36. The van der Waals surface area contributed by atoms with E-state index in [1.165, 1.54) is 0 Å². The molecule has 8 heteroatoms. The Kier molecular flexibility index (Phi) is 7.26. The van der Waals surface area contributed by atoms with Gasteiger partial charge in [0, 0.05) is 36.5 Å². The number of halogens is 1. The zero-order chi connectivity index (χ0) is 20.8. The maximum absolute atomic E-state index is 9.52. The van der Waals surface area contributed by atoms with Crippen LogP contribution in [0.5, 0.6) is 0 Å². The van der Waals surface area contributed by atoms with Gasteiger partial charge in [-0.3, -0.25) is 0 Å². The zero-order valence-corrected chi connectivity index (χ0v) is 17.6. The quantitative estimate of drug-likeness (QED) is 0.721. The van der Waals surface area contributed by atoms with Crippen molar-refractivity contribution in [1.29, 1.82) is 5.26 Å². The minimum Gasteiger partial charge on any atom is -0.381 e. The van der Waals surface area contributed by atoms with Crippen LogP contribution in [0.15, 0.2) is 18.2 Å². The van der Waals surface area contributed by atoms with Gasteiger partial charge in [-0.25, -0.2) is 4.98 Å². The topological polar surface area (TPSA) is 97.3 Å². The standard InChI is InChI=1S/C21H26ClN5O2/c1-3-28-8-5-15-10-17(18(22)11-16(15)12-23)19-13-29-7-4-6-27(19)20-9-14(2)25-21(24)26-20/h9-11,19H,3-8,13H2,1-2H3,(H2,24,25,26). The maximum atomic E-state index is 9.52. The van der Waals surface area contributed by atoms with Crippen molar-refractivity contribution >= 4 is 23.4 Å². The van der Waals surface area contributed by atoms with E-state index in [4.69, 9.17) is 26.8 Å². The van der Waals surface area contributed by atoms with E-state index in [1.54, 1.807) is 6.07 Å². The van der Waals surface area contributed by atoms with Crippen LogP contribution >= 0.6 is 11.6 Å². The number of ether oxygens (including phenoxy) is 2. The molecular weight excluding hydrogens is 390 g/mol. The van der Waals surface area contributed by atoms with Crippen molar-refractivity contribution in [3.63, 3.8) is 0 Å². The fourth-order valence-electron chi connectivity index (χ4n) is 3.56. The summed E-state index contributed by atoms with van der Waals surface area (Å²) in [5, 5.41) is 10.1. The Balaban J connectivity index is 2.02. The number of hydrogen-bond acceptors (Lipinski definition) is 7.